The summed E-state index contributed by atoms with van der Waals surface area (Å²) in [6.45, 7) is 9.52. The Morgan fingerprint density at radius 2 is 1.97 bits per heavy atom. The van der Waals surface area contributed by atoms with Crippen molar-refractivity contribution in [2.75, 3.05) is 23.3 Å². The summed E-state index contributed by atoms with van der Waals surface area (Å²) < 4.78 is 5.83. The molecule has 1 aromatic carbocycles. The second kappa shape index (κ2) is 7.85. The van der Waals surface area contributed by atoms with Crippen molar-refractivity contribution >= 4 is 28.5 Å². The number of piperidine rings is 1. The van der Waals surface area contributed by atoms with Crippen molar-refractivity contribution < 1.29 is 9.21 Å². The topological polar surface area (TPSA) is 71.3 Å². The summed E-state index contributed by atoms with van der Waals surface area (Å²) in [5.74, 6) is 2.42. The lowest BCUT2D eigenvalue weighted by atomic mass is 9.96. The average Bonchev–Trinajstić information content (AvgIpc) is 3.01. The number of amides is 1. The second-order valence-electron chi connectivity index (χ2n) is 7.88. The van der Waals surface area contributed by atoms with Crippen molar-refractivity contribution in [3.63, 3.8) is 0 Å². The summed E-state index contributed by atoms with van der Waals surface area (Å²) in [4.78, 5) is 24.3. The number of benzene rings is 1. The highest BCUT2D eigenvalue weighted by Crippen LogP contribution is 2.33. The van der Waals surface area contributed by atoms with Crippen LogP contribution in [0.5, 0.6) is 0 Å². The summed E-state index contributed by atoms with van der Waals surface area (Å²) in [7, 11) is 0. The van der Waals surface area contributed by atoms with E-state index < -0.39 is 0 Å². The number of nitrogens with one attached hydrogen (secondary N) is 1. The number of anilines is 2. The molecule has 6 nitrogen and oxygen atoms in total. The van der Waals surface area contributed by atoms with Crippen molar-refractivity contribution in [3.8, 4) is 0 Å². The van der Waals surface area contributed by atoms with E-state index in [2.05, 4.69) is 34.3 Å². The maximum atomic E-state index is 12.9. The maximum Gasteiger partial charge on any atom is 0.231 e. The van der Waals surface area contributed by atoms with Crippen LogP contribution >= 0.6 is 0 Å². The first kappa shape index (κ1) is 19.4. The molecule has 3 aromatic rings. The van der Waals surface area contributed by atoms with Crippen LogP contribution in [0.1, 0.15) is 42.5 Å². The van der Waals surface area contributed by atoms with Gasteiger partial charge in [-0.05, 0) is 57.7 Å². The highest BCUT2D eigenvalue weighted by Gasteiger charge is 2.29. The zero-order chi connectivity index (χ0) is 20.5. The van der Waals surface area contributed by atoms with Crippen LogP contribution in [0.3, 0.4) is 0 Å². The van der Waals surface area contributed by atoms with Gasteiger partial charge in [-0.1, -0.05) is 19.1 Å². The smallest absolute Gasteiger partial charge is 0.231 e. The van der Waals surface area contributed by atoms with Crippen LogP contribution in [-0.4, -0.2) is 29.0 Å². The minimum atomic E-state index is -0.0757. The highest BCUT2D eigenvalue weighted by atomic mass is 16.3. The molecule has 1 amide bonds. The van der Waals surface area contributed by atoms with Gasteiger partial charge >= 0.3 is 0 Å². The molecule has 4 rings (SSSR count). The van der Waals surface area contributed by atoms with Gasteiger partial charge in [0, 0.05) is 24.3 Å². The quantitative estimate of drug-likeness (QED) is 0.704. The van der Waals surface area contributed by atoms with Crippen LogP contribution in [0.25, 0.3) is 11.1 Å². The number of furan rings is 1. The van der Waals surface area contributed by atoms with Crippen molar-refractivity contribution in [2.45, 2.75) is 47.0 Å². The molecule has 1 aliphatic heterocycles. The third kappa shape index (κ3) is 3.84. The van der Waals surface area contributed by atoms with Crippen LogP contribution < -0.4 is 10.2 Å². The van der Waals surface area contributed by atoms with Gasteiger partial charge in [-0.3, -0.25) is 4.79 Å². The van der Waals surface area contributed by atoms with Gasteiger partial charge in [0.2, 0.25) is 11.6 Å². The fourth-order valence-corrected chi connectivity index (χ4v) is 4.01. The lowest BCUT2D eigenvalue weighted by Crippen LogP contribution is -2.41. The van der Waals surface area contributed by atoms with E-state index in [0.29, 0.717) is 18.1 Å². The number of aromatic nitrogens is 2. The molecule has 0 spiro atoms. The number of nitrogens with zero attached hydrogens (tertiary/aromatic N) is 3. The Morgan fingerprint density at radius 3 is 2.69 bits per heavy atom. The molecule has 6 heteroatoms. The fourth-order valence-electron chi connectivity index (χ4n) is 4.01. The lowest BCUT2D eigenvalue weighted by Gasteiger charge is -2.33. The molecule has 3 heterocycles. The predicted molar refractivity (Wildman–Crippen MR) is 115 cm³/mol. The number of carbonyl (C=O) groups excluding carboxylic acids is 1. The molecule has 1 N–H and O–H groups in total. The molecule has 152 valence electrons. The van der Waals surface area contributed by atoms with Gasteiger partial charge in [0.15, 0.2) is 0 Å². The Balaban J connectivity index is 1.55. The third-order valence-electron chi connectivity index (χ3n) is 5.84. The van der Waals surface area contributed by atoms with E-state index in [-0.39, 0.29) is 11.8 Å². The first-order valence-electron chi connectivity index (χ1n) is 10.4. The van der Waals surface area contributed by atoms with Gasteiger partial charge in [0.05, 0.1) is 11.3 Å². The van der Waals surface area contributed by atoms with Crippen LogP contribution in [-0.2, 0) is 11.2 Å². The van der Waals surface area contributed by atoms with E-state index in [9.17, 15) is 4.79 Å². The molecular weight excluding hydrogens is 364 g/mol. The normalized spacial score (nSPS) is 17.0. The molecule has 0 radical (unpaired) electrons. The maximum absolute atomic E-state index is 12.9. The fraction of sp³-hybridized carbons (Fsp3) is 0.435. The van der Waals surface area contributed by atoms with E-state index >= 15 is 0 Å². The standard InChI is InChI=1S/C23H28N4O2/c1-5-17-8-10-19(11-9-17)26-22(28)18-7-6-12-27(13-18)21-20-14(2)15(3)29-23(20)25-16(4)24-21/h8-11,18H,5-7,12-13H2,1-4H3,(H,26,28)/t18-/m0/s1. The van der Waals surface area contributed by atoms with Gasteiger partial charge in [-0.15, -0.1) is 0 Å². The number of aryl methyl sites for hydroxylation is 4. The summed E-state index contributed by atoms with van der Waals surface area (Å²) in [5, 5.41) is 4.04. The van der Waals surface area contributed by atoms with E-state index in [4.69, 9.17) is 9.40 Å². The van der Waals surface area contributed by atoms with Crippen LogP contribution in [0, 0.1) is 26.7 Å². The van der Waals surface area contributed by atoms with Gasteiger partial charge in [0.25, 0.3) is 0 Å². The molecule has 0 aliphatic carbocycles. The molecule has 29 heavy (non-hydrogen) atoms. The number of carbonyl (C=O) groups is 1. The second-order valence-corrected chi connectivity index (χ2v) is 7.88. The molecule has 0 bridgehead atoms. The number of hydrogen-bond acceptors (Lipinski definition) is 5. The summed E-state index contributed by atoms with van der Waals surface area (Å²) in [6.07, 6.45) is 2.82. The molecule has 0 saturated carbocycles. The van der Waals surface area contributed by atoms with E-state index in [1.807, 2.05) is 32.9 Å². The van der Waals surface area contributed by atoms with E-state index in [1.165, 1.54) is 5.56 Å². The lowest BCUT2D eigenvalue weighted by molar-refractivity contribution is -0.120. The van der Waals surface area contributed by atoms with Crippen LogP contribution in [0.4, 0.5) is 11.5 Å². The predicted octanol–water partition coefficient (Wildman–Crippen LogP) is 4.57. The highest BCUT2D eigenvalue weighted by molar-refractivity contribution is 5.94. The van der Waals surface area contributed by atoms with Crippen molar-refractivity contribution in [1.29, 1.82) is 0 Å². The van der Waals surface area contributed by atoms with Gasteiger partial charge < -0.3 is 14.6 Å². The number of rotatable bonds is 4. The Kier molecular flexibility index (Phi) is 5.26. The Hall–Kier alpha value is -2.89. The number of hydrogen-bond donors (Lipinski definition) is 1. The third-order valence-corrected chi connectivity index (χ3v) is 5.84. The Labute approximate surface area is 171 Å². The molecule has 1 saturated heterocycles. The minimum Gasteiger partial charge on any atom is -0.443 e. The molecule has 0 unspecified atom stereocenters. The first-order valence-corrected chi connectivity index (χ1v) is 10.4. The summed E-state index contributed by atoms with van der Waals surface area (Å²) in [5.41, 5.74) is 3.81. The van der Waals surface area contributed by atoms with Crippen molar-refractivity contribution in [3.05, 3.63) is 47.0 Å². The van der Waals surface area contributed by atoms with Crippen molar-refractivity contribution in [1.82, 2.24) is 9.97 Å². The molecule has 1 fully saturated rings. The molecule has 2 aromatic heterocycles. The SMILES string of the molecule is CCc1ccc(NC(=O)[C@H]2CCCN(c3nc(C)nc4oc(C)c(C)c34)C2)cc1. The Bertz CT molecular complexity index is 1040. The van der Waals surface area contributed by atoms with E-state index in [1.54, 1.807) is 0 Å². The average molecular weight is 393 g/mol. The Morgan fingerprint density at radius 1 is 1.21 bits per heavy atom. The first-order chi connectivity index (χ1) is 14.0. The van der Waals surface area contributed by atoms with Gasteiger partial charge in [-0.2, -0.15) is 4.98 Å². The summed E-state index contributed by atoms with van der Waals surface area (Å²) >= 11 is 0. The van der Waals surface area contributed by atoms with E-state index in [0.717, 1.165) is 54.0 Å². The van der Waals surface area contributed by atoms with Gasteiger partial charge in [-0.25, -0.2) is 4.98 Å². The van der Waals surface area contributed by atoms with Crippen LogP contribution in [0.2, 0.25) is 0 Å². The number of fused-ring (bicyclic) bond motifs is 1. The molecular formula is C23H28N4O2. The zero-order valence-electron chi connectivity index (χ0n) is 17.6. The van der Waals surface area contributed by atoms with Gasteiger partial charge in [0.1, 0.15) is 17.4 Å². The largest absolute Gasteiger partial charge is 0.443 e. The summed E-state index contributed by atoms with van der Waals surface area (Å²) in [6, 6.07) is 8.08. The van der Waals surface area contributed by atoms with Crippen LogP contribution in [0.15, 0.2) is 28.7 Å². The molecule has 1 aliphatic rings. The molecule has 1 atom stereocenters. The minimum absolute atomic E-state index is 0.0704. The zero-order valence-corrected chi connectivity index (χ0v) is 17.6. The monoisotopic (exact) mass is 392 g/mol. The van der Waals surface area contributed by atoms with Crippen molar-refractivity contribution in [2.24, 2.45) is 5.92 Å².